The molecule has 14 nitrogen and oxygen atoms in total. The van der Waals surface area contributed by atoms with E-state index in [1.165, 1.54) is 6.07 Å². The smallest absolute Gasteiger partial charge is 0.447 e. The molecule has 0 radical (unpaired) electrons. The Balaban J connectivity index is 0.000000213. The molecule has 77 heavy (non-hydrogen) atoms. The molecule has 1 saturated carbocycles. The second kappa shape index (κ2) is 23.2. The highest BCUT2D eigenvalue weighted by atomic mass is 35.5. The van der Waals surface area contributed by atoms with Crippen molar-refractivity contribution in [2.45, 2.75) is 114 Å². The average Bonchev–Trinajstić information content (AvgIpc) is 4.05. The van der Waals surface area contributed by atoms with Crippen LogP contribution in [0, 0.1) is 48.8 Å². The largest absolute Gasteiger partial charge is 0.476 e. The van der Waals surface area contributed by atoms with Crippen molar-refractivity contribution in [2.75, 3.05) is 17.2 Å². The van der Waals surface area contributed by atoms with Crippen LogP contribution in [0.5, 0.6) is 0 Å². The molecule has 29 heteroatoms. The number of aromatic nitrogens is 4. The number of benzene rings is 3. The Hall–Kier alpha value is -5.83. The van der Waals surface area contributed by atoms with Crippen molar-refractivity contribution < 1.29 is 67.0 Å². The molecule has 0 bridgehead atoms. The van der Waals surface area contributed by atoms with Gasteiger partial charge in [-0.2, -0.15) is 60.2 Å². The van der Waals surface area contributed by atoms with Crippen LogP contribution in [0.2, 0.25) is 20.1 Å². The van der Waals surface area contributed by atoms with E-state index in [9.17, 15) is 57.5 Å². The van der Waals surface area contributed by atoms with E-state index in [0.29, 0.717) is 59.5 Å². The Morgan fingerprint density at radius 3 is 1.52 bits per heavy atom. The van der Waals surface area contributed by atoms with Gasteiger partial charge in [-0.25, -0.2) is 18.4 Å². The number of aryl methyl sites for hydroxylation is 3. The number of carbonyl (C=O) groups excluding carboxylic acids is 2. The van der Waals surface area contributed by atoms with Gasteiger partial charge in [-0.05, 0) is 92.8 Å². The van der Waals surface area contributed by atoms with Crippen LogP contribution < -0.4 is 11.5 Å². The summed E-state index contributed by atoms with van der Waals surface area (Å²) in [4.78, 5) is 24.4. The van der Waals surface area contributed by atoms with E-state index >= 15 is 0 Å². The Morgan fingerprint density at radius 2 is 1.16 bits per heavy atom. The Morgan fingerprint density at radius 1 is 0.753 bits per heavy atom. The van der Waals surface area contributed by atoms with Crippen molar-refractivity contribution in [2.24, 2.45) is 5.41 Å². The number of halogens is 13. The third kappa shape index (κ3) is 13.5. The van der Waals surface area contributed by atoms with Gasteiger partial charge in [-0.15, -0.1) is 0 Å². The molecule has 1 spiro atoms. The zero-order chi connectivity index (χ0) is 58.2. The van der Waals surface area contributed by atoms with Crippen LogP contribution in [0.15, 0.2) is 51.9 Å². The molecule has 1 fully saturated rings. The summed E-state index contributed by atoms with van der Waals surface area (Å²) in [5.74, 6) is -1.13. The lowest BCUT2D eigenvalue weighted by molar-refractivity contribution is -0.153. The number of anilines is 2. The maximum absolute atomic E-state index is 12.9. The maximum atomic E-state index is 12.9. The number of rotatable bonds is 8. The molecule has 5 aromatic rings. The standard InChI is InChI=1S/C23H30O4.C13H9Cl2F3N4OS.C12H4Cl2F6N4OS/c1-14-11-15(2)18(16(3)12-14)19-20(26-17(24)13-22(4,5)6)23(27-21(19)25)9-7-8-10-23;1-2-24(23)11-9(5-19)21-22(12(11)20)10-7(14)3-6(4-8(10)15)13(16,17)18;13-5-1-4(11(15,16)17)2-6(14)8(5)24-10(22)9(7(3-21)23-24)26(25)12(18,19)20/h11-12H,7-10,13H2,1-6H3;3-4H,2,20H2,1H3;1-2H,22H2. The minimum absolute atomic E-state index is 0.00738. The van der Waals surface area contributed by atoms with Gasteiger partial charge in [0, 0.05) is 5.75 Å². The molecule has 4 N–H and O–H groups in total. The lowest BCUT2D eigenvalue weighted by Crippen LogP contribution is -2.31. The van der Waals surface area contributed by atoms with E-state index in [-0.39, 0.29) is 55.2 Å². The summed E-state index contributed by atoms with van der Waals surface area (Å²) in [5, 5.41) is 23.3. The number of nitrogens with two attached hydrogens (primary N) is 2. The summed E-state index contributed by atoms with van der Waals surface area (Å²) in [5.41, 5.74) is 5.54. The third-order valence-corrected chi connectivity index (χ3v) is 15.1. The molecule has 414 valence electrons. The zero-order valence-electron chi connectivity index (χ0n) is 41.2. The molecule has 1 aliphatic carbocycles. The minimum atomic E-state index is -5.25. The summed E-state index contributed by atoms with van der Waals surface area (Å²) in [6.45, 7) is 13.6. The number of nitriles is 2. The van der Waals surface area contributed by atoms with Gasteiger partial charge in [0.15, 0.2) is 33.5 Å². The quantitative estimate of drug-likeness (QED) is 0.109. The molecule has 2 aromatic heterocycles. The average molecular weight is 1200 g/mol. The summed E-state index contributed by atoms with van der Waals surface area (Å²) in [6, 6.07) is 9.39. The van der Waals surface area contributed by atoms with Crippen molar-refractivity contribution in [3.05, 3.63) is 107 Å². The van der Waals surface area contributed by atoms with E-state index in [1.54, 1.807) is 13.0 Å². The van der Waals surface area contributed by atoms with Crippen molar-refractivity contribution in [3.63, 3.8) is 0 Å². The monoisotopic (exact) mass is 1200 g/mol. The highest BCUT2D eigenvalue weighted by Gasteiger charge is 2.53. The molecule has 2 unspecified atom stereocenters. The first-order chi connectivity index (χ1) is 35.4. The van der Waals surface area contributed by atoms with Crippen molar-refractivity contribution in [1.29, 1.82) is 10.5 Å². The lowest BCUT2D eigenvalue weighted by Gasteiger charge is -2.26. The molecule has 7 rings (SSSR count). The lowest BCUT2D eigenvalue weighted by atomic mass is 9.89. The van der Waals surface area contributed by atoms with Gasteiger partial charge in [0.25, 0.3) is 0 Å². The molecule has 3 aromatic carbocycles. The molecular formula is C48H43Cl4F9N8O6S2. The second-order valence-corrected chi connectivity index (χ2v) is 23.1. The van der Waals surface area contributed by atoms with Crippen LogP contribution in [0.4, 0.5) is 51.1 Å². The molecule has 2 atom stereocenters. The van der Waals surface area contributed by atoms with Gasteiger partial charge in [0.05, 0.1) is 48.4 Å². The number of nitrogens with zero attached hydrogens (tertiary/aromatic N) is 6. The van der Waals surface area contributed by atoms with Gasteiger partial charge >= 0.3 is 29.8 Å². The molecule has 3 heterocycles. The maximum Gasteiger partial charge on any atom is 0.476 e. The molecule has 1 aliphatic heterocycles. The SMILES string of the molecule is CCS(=O)c1c(C#N)nn(-c2c(Cl)cc(C(F)(F)F)cc2Cl)c1N.Cc1cc(C)c(C2=C(OC(=O)CC(C)(C)C)C3(CCCC3)OC2=O)c(C)c1.N#Cc1nn(-c2c(Cl)cc(C(F)(F)F)cc2Cl)c(N)c1S(=O)C(F)(F)F. The van der Waals surface area contributed by atoms with Crippen LogP contribution in [-0.4, -0.2) is 56.8 Å². The fourth-order valence-corrected chi connectivity index (χ4v) is 11.2. The van der Waals surface area contributed by atoms with E-state index < -0.39 is 88.3 Å². The van der Waals surface area contributed by atoms with Gasteiger partial charge in [0.2, 0.25) is 0 Å². The van der Waals surface area contributed by atoms with Crippen LogP contribution in [0.1, 0.15) is 105 Å². The van der Waals surface area contributed by atoms with E-state index in [0.717, 1.165) is 39.8 Å². The number of alkyl halides is 9. The predicted molar refractivity (Wildman–Crippen MR) is 270 cm³/mol. The first-order valence-electron chi connectivity index (χ1n) is 22.3. The van der Waals surface area contributed by atoms with Crippen LogP contribution >= 0.6 is 46.4 Å². The summed E-state index contributed by atoms with van der Waals surface area (Å²) in [7, 11) is -5.30. The van der Waals surface area contributed by atoms with Crippen molar-refractivity contribution in [1.82, 2.24) is 19.6 Å². The van der Waals surface area contributed by atoms with Gasteiger partial charge < -0.3 is 20.9 Å². The fraction of sp³-hybridized carbons (Fsp3) is 0.375. The highest BCUT2D eigenvalue weighted by Crippen LogP contribution is 2.50. The number of ether oxygens (including phenoxy) is 2. The first-order valence-corrected chi connectivity index (χ1v) is 26.2. The molecule has 0 amide bonds. The Labute approximate surface area is 458 Å². The second-order valence-electron chi connectivity index (χ2n) is 18.4. The van der Waals surface area contributed by atoms with E-state index in [2.05, 4.69) is 22.3 Å². The van der Waals surface area contributed by atoms with Crippen LogP contribution in [0.3, 0.4) is 0 Å². The van der Waals surface area contributed by atoms with Gasteiger partial charge in [0.1, 0.15) is 50.5 Å². The number of hydrogen-bond acceptors (Lipinski definition) is 12. The zero-order valence-corrected chi connectivity index (χ0v) is 45.9. The number of hydrogen-bond donors (Lipinski definition) is 2. The number of esters is 2. The van der Waals surface area contributed by atoms with E-state index in [1.807, 2.05) is 41.5 Å². The summed E-state index contributed by atoms with van der Waals surface area (Å²) < 4.78 is 151. The molecular weight excluding hydrogens is 1160 g/mol. The Kier molecular flexibility index (Phi) is 18.7. The predicted octanol–water partition coefficient (Wildman–Crippen LogP) is 13.2. The summed E-state index contributed by atoms with van der Waals surface area (Å²) in [6.07, 6.45) is -5.77. The van der Waals surface area contributed by atoms with Crippen LogP contribution in [0.25, 0.3) is 16.9 Å². The number of carbonyl (C=O) groups is 2. The fourth-order valence-electron chi connectivity index (χ4n) is 8.24. The first kappa shape index (κ1) is 62.0. The van der Waals surface area contributed by atoms with Crippen molar-refractivity contribution >= 4 is 97.2 Å². The van der Waals surface area contributed by atoms with Gasteiger partial charge in [-0.1, -0.05) is 91.8 Å². The highest BCUT2D eigenvalue weighted by molar-refractivity contribution is 7.86. The third-order valence-electron chi connectivity index (χ3n) is 11.3. The normalized spacial score (nSPS) is 15.2. The van der Waals surface area contributed by atoms with Gasteiger partial charge in [-0.3, -0.25) is 9.00 Å². The summed E-state index contributed by atoms with van der Waals surface area (Å²) >= 11 is 23.3. The molecule has 2 aliphatic rings. The molecule has 0 saturated heterocycles. The minimum Gasteiger partial charge on any atom is -0.447 e. The Bertz CT molecular complexity index is 3280. The van der Waals surface area contributed by atoms with Crippen molar-refractivity contribution in [3.8, 4) is 23.5 Å². The van der Waals surface area contributed by atoms with E-state index in [4.69, 9.17) is 77.9 Å². The van der Waals surface area contributed by atoms with Crippen LogP contribution in [-0.2, 0) is 53.0 Å². The topological polar surface area (TPSA) is 222 Å². The number of nitrogen functional groups attached to an aromatic ring is 2.